The fourth-order valence-electron chi connectivity index (χ4n) is 2.06. The molecule has 0 aliphatic heterocycles. The number of anilines is 1. The van der Waals surface area contributed by atoms with Gasteiger partial charge in [-0.25, -0.2) is 4.98 Å². The molecule has 0 spiro atoms. The molecule has 2 aromatic rings. The first-order valence-corrected chi connectivity index (χ1v) is 7.86. The summed E-state index contributed by atoms with van der Waals surface area (Å²) in [5.74, 6) is 0.571. The van der Waals surface area contributed by atoms with E-state index in [1.165, 1.54) is 16.9 Å². The van der Waals surface area contributed by atoms with Gasteiger partial charge in [-0.05, 0) is 17.0 Å². The minimum Gasteiger partial charge on any atom is -0.375 e. The zero-order chi connectivity index (χ0) is 15.4. The fourth-order valence-corrected chi connectivity index (χ4v) is 2.63. The number of likely N-dealkylation sites (N-methyl/N-ethyl adjacent to an activating group) is 1. The van der Waals surface area contributed by atoms with Crippen molar-refractivity contribution in [3.05, 3.63) is 46.5 Å². The van der Waals surface area contributed by atoms with Crippen LogP contribution in [0, 0.1) is 0 Å². The number of nitrogens with zero attached hydrogens (tertiary/aromatic N) is 2. The van der Waals surface area contributed by atoms with Crippen LogP contribution in [-0.2, 0) is 17.8 Å². The van der Waals surface area contributed by atoms with Crippen LogP contribution in [0.1, 0.15) is 36.6 Å². The van der Waals surface area contributed by atoms with Gasteiger partial charge in [-0.15, -0.1) is 11.3 Å². The largest absolute Gasteiger partial charge is 0.375 e. The molecule has 0 saturated carbocycles. The molecule has 0 fully saturated rings. The van der Waals surface area contributed by atoms with E-state index in [2.05, 4.69) is 43.1 Å². The third kappa shape index (κ3) is 4.29. The highest BCUT2D eigenvalue weighted by Crippen LogP contribution is 2.16. The fraction of sp³-hybridized carbons (Fsp3) is 0.375. The van der Waals surface area contributed by atoms with Crippen LogP contribution in [0.4, 0.5) is 5.13 Å². The lowest BCUT2D eigenvalue weighted by molar-refractivity contribution is -0.129. The van der Waals surface area contributed by atoms with Crippen LogP contribution in [0.2, 0.25) is 0 Å². The molecule has 1 aromatic carbocycles. The first-order chi connectivity index (χ1) is 9.95. The molecular weight excluding hydrogens is 282 g/mol. The molecule has 0 unspecified atom stereocenters. The molecule has 1 heterocycles. The Kier molecular flexibility index (Phi) is 4.96. The summed E-state index contributed by atoms with van der Waals surface area (Å²) < 4.78 is 0. The van der Waals surface area contributed by atoms with E-state index in [9.17, 15) is 4.79 Å². The van der Waals surface area contributed by atoms with Crippen molar-refractivity contribution in [3.63, 3.8) is 0 Å². The number of carbonyl (C=O) groups is 1. The quantitative estimate of drug-likeness (QED) is 0.923. The minimum atomic E-state index is 0.0493. The highest BCUT2D eigenvalue weighted by molar-refractivity contribution is 7.13. The highest BCUT2D eigenvalue weighted by Gasteiger charge is 2.12. The Morgan fingerprint density at radius 1 is 1.33 bits per heavy atom. The van der Waals surface area contributed by atoms with E-state index in [1.54, 1.807) is 4.90 Å². The van der Waals surface area contributed by atoms with Gasteiger partial charge in [0.15, 0.2) is 5.13 Å². The van der Waals surface area contributed by atoms with Gasteiger partial charge in [0.05, 0.1) is 12.1 Å². The number of hydrogen-bond acceptors (Lipinski definition) is 4. The molecule has 4 nitrogen and oxygen atoms in total. The summed E-state index contributed by atoms with van der Waals surface area (Å²) >= 11 is 1.36. The third-order valence-electron chi connectivity index (χ3n) is 3.39. The topological polar surface area (TPSA) is 59.2 Å². The molecule has 0 bridgehead atoms. The lowest BCUT2D eigenvalue weighted by Gasteiger charge is -2.17. The van der Waals surface area contributed by atoms with E-state index in [0.29, 0.717) is 24.0 Å². The first-order valence-electron chi connectivity index (χ1n) is 6.98. The van der Waals surface area contributed by atoms with Gasteiger partial charge in [-0.3, -0.25) is 4.79 Å². The first kappa shape index (κ1) is 15.5. The van der Waals surface area contributed by atoms with Crippen LogP contribution in [-0.4, -0.2) is 22.8 Å². The zero-order valence-corrected chi connectivity index (χ0v) is 13.5. The molecule has 1 amide bonds. The summed E-state index contributed by atoms with van der Waals surface area (Å²) in [4.78, 5) is 18.0. The second-order valence-corrected chi connectivity index (χ2v) is 6.39. The Bertz CT molecular complexity index is 604. The maximum absolute atomic E-state index is 12.2. The van der Waals surface area contributed by atoms with Crippen molar-refractivity contribution in [1.82, 2.24) is 9.88 Å². The maximum Gasteiger partial charge on any atom is 0.228 e. The molecule has 0 aliphatic rings. The number of nitrogen functional groups attached to an aromatic ring is 1. The smallest absolute Gasteiger partial charge is 0.228 e. The molecule has 2 N–H and O–H groups in total. The highest BCUT2D eigenvalue weighted by atomic mass is 32.1. The normalized spacial score (nSPS) is 10.9. The summed E-state index contributed by atoms with van der Waals surface area (Å²) in [6.45, 7) is 4.95. The summed E-state index contributed by atoms with van der Waals surface area (Å²) in [5.41, 5.74) is 8.76. The van der Waals surface area contributed by atoms with E-state index in [4.69, 9.17) is 5.73 Å². The summed E-state index contributed by atoms with van der Waals surface area (Å²) in [6.07, 6.45) is 0.300. The molecule has 0 radical (unpaired) electrons. The van der Waals surface area contributed by atoms with E-state index < -0.39 is 0 Å². The maximum atomic E-state index is 12.2. The van der Waals surface area contributed by atoms with Crippen molar-refractivity contribution in [3.8, 4) is 0 Å². The molecule has 21 heavy (non-hydrogen) atoms. The molecule has 0 aliphatic carbocycles. The van der Waals surface area contributed by atoms with Crippen molar-refractivity contribution in [2.24, 2.45) is 0 Å². The van der Waals surface area contributed by atoms with Gasteiger partial charge in [-0.1, -0.05) is 38.1 Å². The number of thiazole rings is 1. The Morgan fingerprint density at radius 2 is 2.00 bits per heavy atom. The summed E-state index contributed by atoms with van der Waals surface area (Å²) in [6, 6.07) is 8.42. The average Bonchev–Trinajstić information content (AvgIpc) is 2.84. The second-order valence-electron chi connectivity index (χ2n) is 5.50. The monoisotopic (exact) mass is 303 g/mol. The Morgan fingerprint density at radius 3 is 2.52 bits per heavy atom. The van der Waals surface area contributed by atoms with E-state index in [1.807, 2.05) is 12.4 Å². The van der Waals surface area contributed by atoms with Crippen molar-refractivity contribution in [2.75, 3.05) is 12.8 Å². The predicted molar refractivity (Wildman–Crippen MR) is 87.2 cm³/mol. The van der Waals surface area contributed by atoms with Crippen LogP contribution in [0.5, 0.6) is 0 Å². The SMILES string of the molecule is CC(C)c1ccc(CN(C)C(=O)Cc2csc(N)n2)cc1. The number of carbonyl (C=O) groups excluding carboxylic acids is 1. The molecule has 1 aromatic heterocycles. The van der Waals surface area contributed by atoms with Crippen LogP contribution < -0.4 is 5.73 Å². The third-order valence-corrected chi connectivity index (χ3v) is 4.12. The predicted octanol–water partition coefficient (Wildman–Crippen LogP) is 3.05. The Balaban J connectivity index is 1.93. The van der Waals surface area contributed by atoms with Gasteiger partial charge in [0.2, 0.25) is 5.91 Å². The van der Waals surface area contributed by atoms with Crippen LogP contribution in [0.3, 0.4) is 0 Å². The minimum absolute atomic E-state index is 0.0493. The summed E-state index contributed by atoms with van der Waals surface area (Å²) in [5, 5.41) is 2.34. The van der Waals surface area contributed by atoms with Gasteiger partial charge < -0.3 is 10.6 Å². The van der Waals surface area contributed by atoms with E-state index >= 15 is 0 Å². The van der Waals surface area contributed by atoms with Gasteiger partial charge in [0, 0.05) is 19.0 Å². The van der Waals surface area contributed by atoms with Crippen molar-refractivity contribution >= 4 is 22.4 Å². The molecule has 0 atom stereocenters. The van der Waals surface area contributed by atoms with E-state index in [0.717, 1.165) is 11.3 Å². The van der Waals surface area contributed by atoms with Crippen molar-refractivity contribution in [2.45, 2.75) is 32.7 Å². The van der Waals surface area contributed by atoms with E-state index in [-0.39, 0.29) is 5.91 Å². The van der Waals surface area contributed by atoms with Gasteiger partial charge in [-0.2, -0.15) is 0 Å². The number of aromatic nitrogens is 1. The van der Waals surface area contributed by atoms with Crippen LogP contribution in [0.15, 0.2) is 29.6 Å². The van der Waals surface area contributed by atoms with Crippen LogP contribution in [0.25, 0.3) is 0 Å². The number of benzene rings is 1. The van der Waals surface area contributed by atoms with Crippen LogP contribution >= 0.6 is 11.3 Å². The summed E-state index contributed by atoms with van der Waals surface area (Å²) in [7, 11) is 1.81. The van der Waals surface area contributed by atoms with Gasteiger partial charge in [0.1, 0.15) is 0 Å². The van der Waals surface area contributed by atoms with Gasteiger partial charge >= 0.3 is 0 Å². The number of amides is 1. The molecule has 2 rings (SSSR count). The number of rotatable bonds is 5. The number of hydrogen-bond donors (Lipinski definition) is 1. The standard InChI is InChI=1S/C16H21N3OS/c1-11(2)13-6-4-12(5-7-13)9-19(3)15(20)8-14-10-21-16(17)18-14/h4-7,10-11H,8-9H2,1-3H3,(H2,17,18). The molecule has 112 valence electrons. The molecular formula is C16H21N3OS. The average molecular weight is 303 g/mol. The van der Waals surface area contributed by atoms with Crippen molar-refractivity contribution in [1.29, 1.82) is 0 Å². The number of nitrogens with two attached hydrogens (primary N) is 1. The lowest BCUT2D eigenvalue weighted by atomic mass is 10.0. The Labute approximate surface area is 129 Å². The lowest BCUT2D eigenvalue weighted by Crippen LogP contribution is -2.27. The molecule has 0 saturated heterocycles. The Hall–Kier alpha value is -1.88. The second kappa shape index (κ2) is 6.72. The van der Waals surface area contributed by atoms with Crippen molar-refractivity contribution < 1.29 is 4.79 Å². The molecule has 5 heteroatoms. The zero-order valence-electron chi connectivity index (χ0n) is 12.7. The van der Waals surface area contributed by atoms with Gasteiger partial charge in [0.25, 0.3) is 0 Å².